The highest BCUT2D eigenvalue weighted by Gasteiger charge is 2.35. The van der Waals surface area contributed by atoms with Crippen molar-refractivity contribution in [2.45, 2.75) is 32.7 Å². The van der Waals surface area contributed by atoms with E-state index < -0.39 is 4.92 Å². The van der Waals surface area contributed by atoms with Crippen molar-refractivity contribution < 1.29 is 9.72 Å². The van der Waals surface area contributed by atoms with Crippen molar-refractivity contribution in [3.05, 3.63) is 34.4 Å². The first-order valence-corrected chi connectivity index (χ1v) is 7.82. The molecule has 126 valence electrons. The minimum Gasteiger partial charge on any atom is -0.379 e. The van der Waals surface area contributed by atoms with Crippen LogP contribution in [-0.4, -0.2) is 41.4 Å². The largest absolute Gasteiger partial charge is 0.379 e. The number of hydrogen-bond donors (Lipinski definition) is 2. The maximum Gasteiger partial charge on any atom is 0.292 e. The molecule has 1 amide bonds. The summed E-state index contributed by atoms with van der Waals surface area (Å²) in [4.78, 5) is 24.7. The molecule has 0 aliphatic carbocycles. The molecule has 0 bridgehead atoms. The first-order valence-electron chi connectivity index (χ1n) is 7.82. The third kappa shape index (κ3) is 4.19. The molecule has 1 saturated heterocycles. The van der Waals surface area contributed by atoms with Gasteiger partial charge in [0.15, 0.2) is 0 Å². The summed E-state index contributed by atoms with van der Waals surface area (Å²) in [6.07, 6.45) is 1.10. The second kappa shape index (κ2) is 6.95. The van der Waals surface area contributed by atoms with Crippen LogP contribution in [0.25, 0.3) is 0 Å². The lowest BCUT2D eigenvalue weighted by molar-refractivity contribution is -0.384. The van der Waals surface area contributed by atoms with Gasteiger partial charge in [-0.3, -0.25) is 14.9 Å². The number of benzene rings is 1. The summed E-state index contributed by atoms with van der Waals surface area (Å²) in [5, 5.41) is 13.9. The second-order valence-electron chi connectivity index (χ2n) is 6.65. The van der Waals surface area contributed by atoms with Gasteiger partial charge in [0.05, 0.1) is 4.92 Å². The molecule has 2 rings (SSSR count). The Hall–Kier alpha value is -2.15. The van der Waals surface area contributed by atoms with Crippen LogP contribution >= 0.6 is 0 Å². The third-order valence-corrected chi connectivity index (χ3v) is 4.42. The molecule has 1 aliphatic rings. The molecule has 7 nitrogen and oxygen atoms in total. The van der Waals surface area contributed by atoms with Crippen molar-refractivity contribution in [2.75, 3.05) is 25.0 Å². The van der Waals surface area contributed by atoms with Crippen LogP contribution < -0.4 is 11.1 Å². The van der Waals surface area contributed by atoms with Gasteiger partial charge in [-0.05, 0) is 17.9 Å². The standard InChI is InChI=1S/C16H24N4O3/c1-16(2)11-19(10-8-14(16)17)15(21)7-9-18-12-5-3-4-6-13(12)20(22)23/h3-6,14,18H,7-11,17H2,1-2H3. The number of nitro groups is 1. The van der Waals surface area contributed by atoms with Gasteiger partial charge in [0.2, 0.25) is 5.91 Å². The lowest BCUT2D eigenvalue weighted by atomic mass is 9.79. The lowest BCUT2D eigenvalue weighted by Gasteiger charge is -2.42. The van der Waals surface area contributed by atoms with Crippen molar-refractivity contribution in [3.63, 3.8) is 0 Å². The molecule has 1 unspecified atom stereocenters. The zero-order chi connectivity index (χ0) is 17.0. The fraction of sp³-hybridized carbons (Fsp3) is 0.562. The predicted octanol–water partition coefficient (Wildman–Crippen LogP) is 1.98. The molecule has 1 aliphatic heterocycles. The van der Waals surface area contributed by atoms with E-state index in [0.717, 1.165) is 6.42 Å². The van der Waals surface area contributed by atoms with Crippen LogP contribution in [0.2, 0.25) is 0 Å². The van der Waals surface area contributed by atoms with Gasteiger partial charge in [0.25, 0.3) is 5.69 Å². The number of amides is 1. The number of anilines is 1. The highest BCUT2D eigenvalue weighted by atomic mass is 16.6. The van der Waals surface area contributed by atoms with Gasteiger partial charge >= 0.3 is 0 Å². The maximum absolute atomic E-state index is 12.3. The van der Waals surface area contributed by atoms with Crippen LogP contribution in [0.3, 0.4) is 0 Å². The van der Waals surface area contributed by atoms with E-state index in [9.17, 15) is 14.9 Å². The number of nitrogens with one attached hydrogen (secondary N) is 1. The van der Waals surface area contributed by atoms with Gasteiger partial charge in [-0.2, -0.15) is 0 Å². The van der Waals surface area contributed by atoms with E-state index in [1.807, 2.05) is 4.90 Å². The Kier molecular flexibility index (Phi) is 5.20. The molecule has 0 radical (unpaired) electrons. The Labute approximate surface area is 136 Å². The number of likely N-dealkylation sites (tertiary alicyclic amines) is 1. The quantitative estimate of drug-likeness (QED) is 0.638. The maximum atomic E-state index is 12.3. The zero-order valence-corrected chi connectivity index (χ0v) is 13.6. The van der Waals surface area contributed by atoms with E-state index in [-0.39, 0.29) is 23.1 Å². The molecule has 3 N–H and O–H groups in total. The number of piperidine rings is 1. The van der Waals surface area contributed by atoms with Gasteiger partial charge in [-0.25, -0.2) is 0 Å². The van der Waals surface area contributed by atoms with Crippen molar-refractivity contribution in [2.24, 2.45) is 11.1 Å². The molecule has 0 aromatic heterocycles. The fourth-order valence-electron chi connectivity index (χ4n) is 2.83. The van der Waals surface area contributed by atoms with Crippen LogP contribution in [0, 0.1) is 15.5 Å². The van der Waals surface area contributed by atoms with Gasteiger partial charge < -0.3 is 16.0 Å². The molecule has 1 aromatic rings. The summed E-state index contributed by atoms with van der Waals surface area (Å²) >= 11 is 0. The van der Waals surface area contributed by atoms with Crippen molar-refractivity contribution >= 4 is 17.3 Å². The monoisotopic (exact) mass is 320 g/mol. The van der Waals surface area contributed by atoms with Crippen LogP contribution in [0.15, 0.2) is 24.3 Å². The first kappa shape index (κ1) is 17.2. The first-order chi connectivity index (χ1) is 10.8. The Balaban J connectivity index is 1.87. The molecule has 1 atom stereocenters. The van der Waals surface area contributed by atoms with Gasteiger partial charge in [0, 0.05) is 38.2 Å². The minimum absolute atomic E-state index is 0.0185. The number of carbonyl (C=O) groups excluding carboxylic acids is 1. The van der Waals surface area contributed by atoms with Crippen molar-refractivity contribution in [3.8, 4) is 0 Å². The molecule has 1 heterocycles. The number of carbonyl (C=O) groups is 1. The summed E-state index contributed by atoms with van der Waals surface area (Å²) < 4.78 is 0. The summed E-state index contributed by atoms with van der Waals surface area (Å²) in [6, 6.07) is 6.54. The topological polar surface area (TPSA) is 102 Å². The number of nitrogens with two attached hydrogens (primary N) is 1. The van der Waals surface area contributed by atoms with Crippen molar-refractivity contribution in [1.82, 2.24) is 4.90 Å². The van der Waals surface area contributed by atoms with E-state index in [1.165, 1.54) is 6.07 Å². The van der Waals surface area contributed by atoms with Gasteiger partial charge in [-0.1, -0.05) is 26.0 Å². The Morgan fingerprint density at radius 3 is 2.83 bits per heavy atom. The average Bonchev–Trinajstić information content (AvgIpc) is 2.50. The average molecular weight is 320 g/mol. The highest BCUT2D eigenvalue weighted by Crippen LogP contribution is 2.28. The number of hydrogen-bond acceptors (Lipinski definition) is 5. The molecule has 7 heteroatoms. The van der Waals surface area contributed by atoms with E-state index in [1.54, 1.807) is 18.2 Å². The van der Waals surface area contributed by atoms with Crippen LogP contribution in [0.4, 0.5) is 11.4 Å². The summed E-state index contributed by atoms with van der Waals surface area (Å²) in [5.41, 5.74) is 6.45. The Morgan fingerprint density at radius 2 is 2.17 bits per heavy atom. The number of para-hydroxylation sites is 2. The molecular formula is C16H24N4O3. The minimum atomic E-state index is -0.432. The molecular weight excluding hydrogens is 296 g/mol. The second-order valence-corrected chi connectivity index (χ2v) is 6.65. The zero-order valence-electron chi connectivity index (χ0n) is 13.6. The summed E-state index contributed by atoms with van der Waals surface area (Å²) in [6.45, 7) is 5.84. The van der Waals surface area contributed by atoms with Crippen LogP contribution in [0.1, 0.15) is 26.7 Å². The van der Waals surface area contributed by atoms with Gasteiger partial charge in [-0.15, -0.1) is 0 Å². The molecule has 1 fully saturated rings. The number of nitrogens with zero attached hydrogens (tertiary/aromatic N) is 2. The molecule has 23 heavy (non-hydrogen) atoms. The SMILES string of the molecule is CC1(C)CN(C(=O)CCNc2ccccc2[N+](=O)[O-])CCC1N. The number of rotatable bonds is 5. The van der Waals surface area contributed by atoms with Gasteiger partial charge in [0.1, 0.15) is 5.69 Å². The lowest BCUT2D eigenvalue weighted by Crippen LogP contribution is -2.54. The Morgan fingerprint density at radius 1 is 1.48 bits per heavy atom. The normalized spacial score (nSPS) is 20.1. The summed E-state index contributed by atoms with van der Waals surface area (Å²) in [5.74, 6) is 0.0519. The number of nitro benzene ring substituents is 1. The highest BCUT2D eigenvalue weighted by molar-refractivity contribution is 5.77. The van der Waals surface area contributed by atoms with Crippen molar-refractivity contribution in [1.29, 1.82) is 0 Å². The predicted molar refractivity (Wildman–Crippen MR) is 89.2 cm³/mol. The Bertz CT molecular complexity index is 588. The molecule has 0 saturated carbocycles. The van der Waals surface area contributed by atoms with E-state index in [4.69, 9.17) is 5.73 Å². The van der Waals surface area contributed by atoms with E-state index in [2.05, 4.69) is 19.2 Å². The van der Waals surface area contributed by atoms with Crippen LogP contribution in [-0.2, 0) is 4.79 Å². The van der Waals surface area contributed by atoms with E-state index in [0.29, 0.717) is 31.7 Å². The van der Waals surface area contributed by atoms with E-state index >= 15 is 0 Å². The fourth-order valence-corrected chi connectivity index (χ4v) is 2.83. The molecule has 1 aromatic carbocycles. The van der Waals surface area contributed by atoms with Crippen LogP contribution in [0.5, 0.6) is 0 Å². The summed E-state index contributed by atoms with van der Waals surface area (Å²) in [7, 11) is 0. The molecule has 0 spiro atoms. The third-order valence-electron chi connectivity index (χ3n) is 4.42. The smallest absolute Gasteiger partial charge is 0.292 e.